The zero-order valence-corrected chi connectivity index (χ0v) is 23.6. The Hall–Kier alpha value is -4.07. The molecule has 0 bridgehead atoms. The topological polar surface area (TPSA) is 129 Å². The molecule has 14 heteroatoms. The number of aryl methyl sites for hydroxylation is 1. The highest BCUT2D eigenvalue weighted by Gasteiger charge is 2.41. The van der Waals surface area contributed by atoms with E-state index in [4.69, 9.17) is 9.47 Å². The number of nitrogens with one attached hydrogen (secondary N) is 2. The molecule has 3 aromatic rings. The van der Waals surface area contributed by atoms with Crippen LogP contribution in [0.25, 0.3) is 11.3 Å². The van der Waals surface area contributed by atoms with Gasteiger partial charge in [0.05, 0.1) is 19.2 Å². The molecule has 0 aliphatic carbocycles. The lowest BCUT2D eigenvalue weighted by molar-refractivity contribution is -0.153. The van der Waals surface area contributed by atoms with Gasteiger partial charge in [-0.1, -0.05) is 13.0 Å². The van der Waals surface area contributed by atoms with Gasteiger partial charge in [-0.3, -0.25) is 14.3 Å². The largest absolute Gasteiger partial charge is 0.497 e. The van der Waals surface area contributed by atoms with Gasteiger partial charge in [-0.2, -0.15) is 18.3 Å². The number of carbonyl (C=O) groups excluding carboxylic acids is 2. The number of alkyl halides is 3. The van der Waals surface area contributed by atoms with Crippen molar-refractivity contribution in [3.63, 3.8) is 0 Å². The maximum absolute atomic E-state index is 13.6. The lowest BCUT2D eigenvalue weighted by Gasteiger charge is -2.37. The van der Waals surface area contributed by atoms with Gasteiger partial charge >= 0.3 is 6.18 Å². The number of benzene rings is 2. The van der Waals surface area contributed by atoms with Crippen LogP contribution < -0.4 is 20.1 Å². The Labute approximate surface area is 234 Å². The van der Waals surface area contributed by atoms with E-state index >= 15 is 0 Å². The number of fused-ring (bicyclic) bond motifs is 1. The first-order valence-corrected chi connectivity index (χ1v) is 14.6. The summed E-state index contributed by atoms with van der Waals surface area (Å²) in [6, 6.07) is 11.3. The number of sulfone groups is 1. The monoisotopic (exact) mass is 594 g/mol. The maximum atomic E-state index is 13.6. The fourth-order valence-electron chi connectivity index (χ4n) is 4.75. The maximum Gasteiger partial charge on any atom is 0.422 e. The van der Waals surface area contributed by atoms with Crippen LogP contribution in [-0.2, 0) is 33.1 Å². The predicted octanol–water partition coefficient (Wildman–Crippen LogP) is 3.70. The number of methoxy groups -OCH3 is 1. The molecular weight excluding hydrogens is 565 g/mol. The molecule has 0 saturated carbocycles. The Morgan fingerprint density at radius 3 is 2.41 bits per heavy atom. The van der Waals surface area contributed by atoms with Crippen molar-refractivity contribution in [2.75, 3.05) is 31.0 Å². The highest BCUT2D eigenvalue weighted by atomic mass is 32.2. The molecule has 0 saturated heterocycles. The Kier molecular flexibility index (Phi) is 8.07. The first-order chi connectivity index (χ1) is 19.1. The molecule has 4 rings (SSSR count). The van der Waals surface area contributed by atoms with E-state index in [1.165, 1.54) is 23.9 Å². The highest BCUT2D eigenvalue weighted by molar-refractivity contribution is 7.91. The second-order valence-electron chi connectivity index (χ2n) is 9.94. The number of anilines is 1. The second kappa shape index (κ2) is 11.1. The molecule has 0 spiro atoms. The summed E-state index contributed by atoms with van der Waals surface area (Å²) >= 11 is 0. The predicted molar refractivity (Wildman–Crippen MR) is 145 cm³/mol. The van der Waals surface area contributed by atoms with Crippen molar-refractivity contribution in [2.24, 2.45) is 0 Å². The zero-order valence-electron chi connectivity index (χ0n) is 22.8. The molecule has 0 radical (unpaired) electrons. The minimum atomic E-state index is -4.49. The van der Waals surface area contributed by atoms with Gasteiger partial charge in [-0.05, 0) is 60.9 Å². The molecule has 1 aromatic heterocycles. The summed E-state index contributed by atoms with van der Waals surface area (Å²) in [4.78, 5) is 26.2. The van der Waals surface area contributed by atoms with E-state index in [0.717, 1.165) is 6.26 Å². The minimum Gasteiger partial charge on any atom is -0.497 e. The smallest absolute Gasteiger partial charge is 0.422 e. The SMILES string of the molecule is CCc1cc(OCC(F)(F)F)ccc1[C@@]1(C)Cn2nc(-c3ccc(OC)cc3)c(NC(=O)CS(C)(=O)=O)c2C(=O)N1. The third kappa shape index (κ3) is 6.81. The molecule has 220 valence electrons. The van der Waals surface area contributed by atoms with Crippen LogP contribution >= 0.6 is 0 Å². The van der Waals surface area contributed by atoms with Crippen molar-refractivity contribution in [1.29, 1.82) is 0 Å². The summed E-state index contributed by atoms with van der Waals surface area (Å²) in [6.45, 7) is 2.27. The second-order valence-corrected chi connectivity index (χ2v) is 12.1. The average Bonchev–Trinajstić information content (AvgIpc) is 3.23. The lowest BCUT2D eigenvalue weighted by Crippen LogP contribution is -2.52. The van der Waals surface area contributed by atoms with Crippen LogP contribution in [0.2, 0.25) is 0 Å². The van der Waals surface area contributed by atoms with Crippen molar-refractivity contribution in [2.45, 2.75) is 38.5 Å². The summed E-state index contributed by atoms with van der Waals surface area (Å²) in [5.74, 6) is -1.59. The quantitative estimate of drug-likeness (QED) is 0.387. The zero-order chi connectivity index (χ0) is 30.2. The van der Waals surface area contributed by atoms with Crippen molar-refractivity contribution in [3.05, 3.63) is 59.3 Å². The number of ether oxygens (including phenoxy) is 2. The fraction of sp³-hybridized carbons (Fsp3) is 0.370. The van der Waals surface area contributed by atoms with Gasteiger partial charge in [0.1, 0.15) is 28.6 Å². The van der Waals surface area contributed by atoms with Gasteiger partial charge < -0.3 is 20.1 Å². The summed E-state index contributed by atoms with van der Waals surface area (Å²) in [5, 5.41) is 10.1. The standard InChI is InChI=1S/C27H29F3N4O6S/c1-5-16-12-19(40-15-27(28,29)30)10-11-20(16)26(2)14-34-24(25(36)32-26)23(31-21(35)13-41(4,37)38)22(33-34)17-6-8-18(39-3)9-7-17/h6-12H,5,13-15H2,1-4H3,(H,31,35)(H,32,36)/t26-/m1/s1. The van der Waals surface area contributed by atoms with E-state index in [1.54, 1.807) is 37.3 Å². The first kappa shape index (κ1) is 29.9. The molecule has 1 atom stereocenters. The van der Waals surface area contributed by atoms with Crippen LogP contribution in [0.4, 0.5) is 18.9 Å². The van der Waals surface area contributed by atoms with Gasteiger partial charge in [-0.25, -0.2) is 8.42 Å². The molecule has 2 aromatic carbocycles. The molecule has 0 unspecified atom stereocenters. The molecule has 1 aliphatic rings. The summed E-state index contributed by atoms with van der Waals surface area (Å²) in [6.07, 6.45) is -3.12. The van der Waals surface area contributed by atoms with Crippen molar-refractivity contribution >= 4 is 27.3 Å². The normalized spacial score (nSPS) is 17.0. The van der Waals surface area contributed by atoms with Crippen LogP contribution in [-0.4, -0.2) is 61.9 Å². The van der Waals surface area contributed by atoms with Crippen LogP contribution in [0.3, 0.4) is 0 Å². The van der Waals surface area contributed by atoms with E-state index in [-0.39, 0.29) is 29.4 Å². The third-order valence-corrected chi connectivity index (χ3v) is 7.29. The summed E-state index contributed by atoms with van der Waals surface area (Å²) < 4.78 is 72.9. The molecule has 2 amide bonds. The van der Waals surface area contributed by atoms with Crippen LogP contribution in [0.15, 0.2) is 42.5 Å². The number of amides is 2. The number of halogens is 3. The number of rotatable bonds is 9. The van der Waals surface area contributed by atoms with Gasteiger partial charge in [0.2, 0.25) is 5.91 Å². The van der Waals surface area contributed by atoms with Gasteiger partial charge in [0.25, 0.3) is 5.91 Å². The Bertz CT molecular complexity index is 1590. The average molecular weight is 595 g/mol. The molecule has 10 nitrogen and oxygen atoms in total. The van der Waals surface area contributed by atoms with Gasteiger partial charge in [0.15, 0.2) is 22.1 Å². The minimum absolute atomic E-state index is 0.0262. The van der Waals surface area contributed by atoms with E-state index in [1.807, 2.05) is 6.92 Å². The van der Waals surface area contributed by atoms with Crippen molar-refractivity contribution in [3.8, 4) is 22.8 Å². The van der Waals surface area contributed by atoms with E-state index in [2.05, 4.69) is 15.7 Å². The number of nitrogens with zero attached hydrogens (tertiary/aromatic N) is 2. The molecule has 2 heterocycles. The van der Waals surface area contributed by atoms with Crippen molar-refractivity contribution < 1.29 is 40.7 Å². The van der Waals surface area contributed by atoms with Crippen LogP contribution in [0, 0.1) is 0 Å². The first-order valence-electron chi connectivity index (χ1n) is 12.5. The lowest BCUT2D eigenvalue weighted by atomic mass is 9.85. The number of carbonyl (C=O) groups is 2. The summed E-state index contributed by atoms with van der Waals surface area (Å²) in [7, 11) is -2.15. The number of aromatic nitrogens is 2. The summed E-state index contributed by atoms with van der Waals surface area (Å²) in [5.41, 5.74) is 1.15. The molecule has 2 N–H and O–H groups in total. The van der Waals surface area contributed by atoms with E-state index in [9.17, 15) is 31.2 Å². The molecule has 0 fully saturated rings. The highest BCUT2D eigenvalue weighted by Crippen LogP contribution is 2.38. The Morgan fingerprint density at radius 1 is 1.17 bits per heavy atom. The van der Waals surface area contributed by atoms with E-state index in [0.29, 0.717) is 28.9 Å². The fourth-order valence-corrected chi connectivity index (χ4v) is 5.30. The molecular formula is C27H29F3N4O6S. The van der Waals surface area contributed by atoms with Gasteiger partial charge in [-0.15, -0.1) is 0 Å². The Balaban J connectivity index is 1.76. The van der Waals surface area contributed by atoms with Crippen LogP contribution in [0.1, 0.15) is 35.5 Å². The van der Waals surface area contributed by atoms with E-state index < -0.39 is 45.7 Å². The molecule has 1 aliphatic heterocycles. The van der Waals surface area contributed by atoms with Gasteiger partial charge in [0, 0.05) is 11.8 Å². The Morgan fingerprint density at radius 2 is 1.83 bits per heavy atom. The van der Waals surface area contributed by atoms with Crippen molar-refractivity contribution in [1.82, 2.24) is 15.1 Å². The molecule has 41 heavy (non-hydrogen) atoms. The third-order valence-electron chi connectivity index (χ3n) is 6.50. The number of hydrogen-bond donors (Lipinski definition) is 2. The van der Waals surface area contributed by atoms with Crippen LogP contribution in [0.5, 0.6) is 11.5 Å². The number of hydrogen-bond acceptors (Lipinski definition) is 7.